The number of halogens is 1. The Kier molecular flexibility index (Phi) is 3.93. The topological polar surface area (TPSA) is 118 Å². The summed E-state index contributed by atoms with van der Waals surface area (Å²) in [7, 11) is -3.40. The highest BCUT2D eigenvalue weighted by Gasteiger charge is 2.18. The molecule has 4 N–H and O–H groups in total. The van der Waals surface area contributed by atoms with Gasteiger partial charge in [0.15, 0.2) is 15.5 Å². The standard InChI is InChI=1S/C12H13ClN4O3S/c1-6-10(14)11(17-16-6)12(18)15-9-5-7(21(2,19)20)3-4-8(9)13/h3-5H,14H2,1-2H3,(H,15,18)(H,16,17). The lowest BCUT2D eigenvalue weighted by atomic mass is 10.2. The Balaban J connectivity index is 2.35. The lowest BCUT2D eigenvalue weighted by molar-refractivity contribution is 0.102. The van der Waals surface area contributed by atoms with E-state index in [0.717, 1.165) is 6.26 Å². The number of anilines is 2. The smallest absolute Gasteiger partial charge is 0.278 e. The van der Waals surface area contributed by atoms with Crippen LogP contribution in [0.4, 0.5) is 11.4 Å². The van der Waals surface area contributed by atoms with Gasteiger partial charge in [0.1, 0.15) is 0 Å². The molecular weight excluding hydrogens is 316 g/mol. The van der Waals surface area contributed by atoms with Gasteiger partial charge in [-0.05, 0) is 25.1 Å². The van der Waals surface area contributed by atoms with Crippen molar-refractivity contribution < 1.29 is 13.2 Å². The molecule has 2 aromatic rings. The number of amides is 1. The molecule has 0 saturated heterocycles. The van der Waals surface area contributed by atoms with Crippen LogP contribution in [0.1, 0.15) is 16.2 Å². The van der Waals surface area contributed by atoms with Crippen molar-refractivity contribution in [1.82, 2.24) is 10.2 Å². The number of benzene rings is 1. The molecule has 9 heteroatoms. The molecule has 1 amide bonds. The zero-order valence-electron chi connectivity index (χ0n) is 11.3. The molecule has 21 heavy (non-hydrogen) atoms. The summed E-state index contributed by atoms with van der Waals surface area (Å²) in [5, 5.41) is 9.08. The fraction of sp³-hybridized carbons (Fsp3) is 0.167. The van der Waals surface area contributed by atoms with E-state index >= 15 is 0 Å². The molecule has 0 spiro atoms. The molecule has 0 atom stereocenters. The quantitative estimate of drug-likeness (QED) is 0.791. The van der Waals surface area contributed by atoms with Crippen molar-refractivity contribution in [2.45, 2.75) is 11.8 Å². The van der Waals surface area contributed by atoms with Gasteiger partial charge in [-0.15, -0.1) is 0 Å². The predicted molar refractivity (Wildman–Crippen MR) is 80.3 cm³/mol. The second-order valence-corrected chi connectivity index (χ2v) is 6.90. The molecule has 2 rings (SSSR count). The van der Waals surface area contributed by atoms with E-state index in [1.165, 1.54) is 18.2 Å². The maximum Gasteiger partial charge on any atom is 0.278 e. The molecule has 0 saturated carbocycles. The predicted octanol–water partition coefficient (Wildman–Crippen LogP) is 1.61. The molecule has 7 nitrogen and oxygen atoms in total. The van der Waals surface area contributed by atoms with Crippen LogP contribution in [0.5, 0.6) is 0 Å². The number of carbonyl (C=O) groups is 1. The lowest BCUT2D eigenvalue weighted by Crippen LogP contribution is -2.15. The molecule has 112 valence electrons. The Morgan fingerprint density at radius 3 is 2.62 bits per heavy atom. The minimum atomic E-state index is -3.40. The van der Waals surface area contributed by atoms with Crippen molar-refractivity contribution in [3.05, 3.63) is 34.6 Å². The monoisotopic (exact) mass is 328 g/mol. The van der Waals surface area contributed by atoms with Crippen molar-refractivity contribution in [1.29, 1.82) is 0 Å². The molecule has 0 fully saturated rings. The van der Waals surface area contributed by atoms with Crippen LogP contribution >= 0.6 is 11.6 Å². The van der Waals surface area contributed by atoms with Gasteiger partial charge < -0.3 is 11.1 Å². The molecule has 0 aliphatic carbocycles. The van der Waals surface area contributed by atoms with Crippen LogP contribution in [-0.2, 0) is 9.84 Å². The number of carbonyl (C=O) groups excluding carboxylic acids is 1. The summed E-state index contributed by atoms with van der Waals surface area (Å²) in [6.45, 7) is 1.68. The number of hydrogen-bond donors (Lipinski definition) is 3. The minimum Gasteiger partial charge on any atom is -0.395 e. The number of nitrogens with two attached hydrogens (primary N) is 1. The first-order valence-corrected chi connectivity index (χ1v) is 8.08. The van der Waals surface area contributed by atoms with Gasteiger partial charge in [-0.2, -0.15) is 5.10 Å². The molecule has 0 bridgehead atoms. The summed E-state index contributed by atoms with van der Waals surface area (Å²) in [4.78, 5) is 12.1. The fourth-order valence-electron chi connectivity index (χ4n) is 1.62. The fourth-order valence-corrected chi connectivity index (χ4v) is 2.44. The average Bonchev–Trinajstić information content (AvgIpc) is 2.71. The number of nitrogens with one attached hydrogen (secondary N) is 2. The van der Waals surface area contributed by atoms with E-state index in [4.69, 9.17) is 17.3 Å². The van der Waals surface area contributed by atoms with Crippen LogP contribution in [-0.4, -0.2) is 30.8 Å². The summed E-state index contributed by atoms with van der Waals surface area (Å²) < 4.78 is 23.0. The van der Waals surface area contributed by atoms with Crippen molar-refractivity contribution in [3.8, 4) is 0 Å². The van der Waals surface area contributed by atoms with Crippen LogP contribution in [0.2, 0.25) is 5.02 Å². The maximum absolute atomic E-state index is 12.1. The highest BCUT2D eigenvalue weighted by atomic mass is 35.5. The van der Waals surface area contributed by atoms with E-state index < -0.39 is 15.7 Å². The number of aromatic amines is 1. The van der Waals surface area contributed by atoms with E-state index in [0.29, 0.717) is 5.69 Å². The van der Waals surface area contributed by atoms with E-state index in [1.54, 1.807) is 6.92 Å². The van der Waals surface area contributed by atoms with Gasteiger partial charge in [-0.3, -0.25) is 9.89 Å². The maximum atomic E-state index is 12.1. The Hall–Kier alpha value is -2.06. The number of nitrogens with zero attached hydrogens (tertiary/aromatic N) is 1. The van der Waals surface area contributed by atoms with E-state index in [1.807, 2.05) is 0 Å². The number of aryl methyl sites for hydroxylation is 1. The number of aromatic nitrogens is 2. The average molecular weight is 329 g/mol. The molecule has 0 radical (unpaired) electrons. The summed E-state index contributed by atoms with van der Waals surface area (Å²) in [5.41, 5.74) is 6.69. The highest BCUT2D eigenvalue weighted by Crippen LogP contribution is 2.26. The first-order chi connectivity index (χ1) is 9.70. The molecule has 1 heterocycles. The molecular formula is C12H13ClN4O3S. The number of sulfone groups is 1. The Labute approximate surface area is 126 Å². The van der Waals surface area contributed by atoms with Crippen LogP contribution < -0.4 is 11.1 Å². The Morgan fingerprint density at radius 1 is 1.43 bits per heavy atom. The number of hydrogen-bond acceptors (Lipinski definition) is 5. The largest absolute Gasteiger partial charge is 0.395 e. The molecule has 1 aromatic heterocycles. The van der Waals surface area contributed by atoms with Crippen LogP contribution in [0, 0.1) is 6.92 Å². The summed E-state index contributed by atoms with van der Waals surface area (Å²) in [6, 6.07) is 4.04. The van der Waals surface area contributed by atoms with Crippen LogP contribution in [0.25, 0.3) is 0 Å². The number of nitrogen functional groups attached to an aromatic ring is 1. The Bertz CT molecular complexity index is 814. The third-order valence-corrected chi connectivity index (χ3v) is 4.26. The molecule has 0 aliphatic rings. The Morgan fingerprint density at radius 2 is 2.10 bits per heavy atom. The van der Waals surface area contributed by atoms with Crippen LogP contribution in [0.15, 0.2) is 23.1 Å². The zero-order chi connectivity index (χ0) is 15.8. The van der Waals surface area contributed by atoms with Crippen molar-refractivity contribution in [2.75, 3.05) is 17.3 Å². The van der Waals surface area contributed by atoms with Crippen molar-refractivity contribution in [2.24, 2.45) is 0 Å². The van der Waals surface area contributed by atoms with E-state index in [9.17, 15) is 13.2 Å². The van der Waals surface area contributed by atoms with Gasteiger partial charge in [0.2, 0.25) is 0 Å². The number of H-pyrrole nitrogens is 1. The molecule has 0 unspecified atom stereocenters. The first kappa shape index (κ1) is 15.3. The third kappa shape index (κ3) is 3.17. The van der Waals surface area contributed by atoms with Gasteiger partial charge in [-0.1, -0.05) is 11.6 Å². The first-order valence-electron chi connectivity index (χ1n) is 5.81. The van der Waals surface area contributed by atoms with Crippen molar-refractivity contribution in [3.63, 3.8) is 0 Å². The summed E-state index contributed by atoms with van der Waals surface area (Å²) in [6.07, 6.45) is 1.07. The van der Waals surface area contributed by atoms with Gasteiger partial charge >= 0.3 is 0 Å². The molecule has 0 aliphatic heterocycles. The van der Waals surface area contributed by atoms with Crippen molar-refractivity contribution >= 4 is 38.7 Å². The SMILES string of the molecule is Cc1[nH]nc(C(=O)Nc2cc(S(C)(=O)=O)ccc2Cl)c1N. The summed E-state index contributed by atoms with van der Waals surface area (Å²) >= 11 is 5.95. The number of rotatable bonds is 3. The minimum absolute atomic E-state index is 0.0216. The zero-order valence-corrected chi connectivity index (χ0v) is 12.8. The highest BCUT2D eigenvalue weighted by molar-refractivity contribution is 7.90. The van der Waals surface area contributed by atoms with Gasteiger partial charge in [0, 0.05) is 6.26 Å². The summed E-state index contributed by atoms with van der Waals surface area (Å²) in [5.74, 6) is -0.579. The van der Waals surface area contributed by atoms with E-state index in [2.05, 4.69) is 15.5 Å². The second-order valence-electron chi connectivity index (χ2n) is 4.48. The van der Waals surface area contributed by atoms with Crippen LogP contribution in [0.3, 0.4) is 0 Å². The molecule has 1 aromatic carbocycles. The van der Waals surface area contributed by atoms with Gasteiger partial charge in [-0.25, -0.2) is 8.42 Å². The lowest BCUT2D eigenvalue weighted by Gasteiger charge is -2.08. The third-order valence-electron chi connectivity index (χ3n) is 2.82. The van der Waals surface area contributed by atoms with E-state index in [-0.39, 0.29) is 27.0 Å². The van der Waals surface area contributed by atoms with Gasteiger partial charge in [0.25, 0.3) is 5.91 Å². The van der Waals surface area contributed by atoms with Gasteiger partial charge in [0.05, 0.1) is 27.0 Å². The second kappa shape index (κ2) is 5.38. The normalized spacial score (nSPS) is 11.4.